The quantitative estimate of drug-likeness (QED) is 0.297. The van der Waals surface area contributed by atoms with Gasteiger partial charge in [0.15, 0.2) is 5.79 Å². The number of benzene rings is 1. The number of likely N-dealkylation sites (tertiary alicyclic amines) is 1. The Morgan fingerprint density at radius 3 is 2.62 bits per heavy atom. The van der Waals surface area contributed by atoms with Crippen LogP contribution in [0.4, 0.5) is 0 Å². The molecule has 7 heteroatoms. The predicted octanol–water partition coefficient (Wildman–Crippen LogP) is 3.96. The van der Waals surface area contributed by atoms with Crippen molar-refractivity contribution in [2.75, 3.05) is 45.9 Å². The summed E-state index contributed by atoms with van der Waals surface area (Å²) >= 11 is 0. The lowest BCUT2D eigenvalue weighted by atomic mass is 9.82. The number of ether oxygens (including phenoxy) is 2. The van der Waals surface area contributed by atoms with Crippen molar-refractivity contribution in [2.24, 2.45) is 5.92 Å². The molecule has 1 aliphatic heterocycles. The summed E-state index contributed by atoms with van der Waals surface area (Å²) in [4.78, 5) is 2.32. The van der Waals surface area contributed by atoms with Gasteiger partial charge in [-0.25, -0.2) is 0 Å². The highest BCUT2D eigenvalue weighted by Gasteiger charge is 2.40. The molecule has 0 radical (unpaired) electrons. The Hall–Kier alpha value is -2.29. The molecule has 3 atom stereocenters. The van der Waals surface area contributed by atoms with E-state index in [4.69, 9.17) is 9.47 Å². The third-order valence-electron chi connectivity index (χ3n) is 7.44. The maximum atomic E-state index is 9.81. The summed E-state index contributed by atoms with van der Waals surface area (Å²) < 4.78 is 15.1. The molecule has 1 fully saturated rings. The van der Waals surface area contributed by atoms with Crippen LogP contribution in [0.1, 0.15) is 43.0 Å². The number of nitrogens with one attached hydrogen (secondary N) is 1. The summed E-state index contributed by atoms with van der Waals surface area (Å²) in [5.74, 6) is -0.730. The van der Waals surface area contributed by atoms with E-state index in [2.05, 4.69) is 71.7 Å². The first-order valence-electron chi connectivity index (χ1n) is 13.8. The molecule has 1 saturated heterocycles. The highest BCUT2D eigenvalue weighted by atomic mass is 16.7. The third kappa shape index (κ3) is 7.62. The fourth-order valence-electron chi connectivity index (χ4n) is 5.27. The van der Waals surface area contributed by atoms with Crippen molar-refractivity contribution in [2.45, 2.75) is 58.5 Å². The number of aryl methyl sites for hydroxylation is 2. The van der Waals surface area contributed by atoms with Crippen molar-refractivity contribution >= 4 is 5.57 Å². The second-order valence-corrected chi connectivity index (χ2v) is 10.4. The van der Waals surface area contributed by atoms with E-state index in [9.17, 15) is 5.11 Å². The molecule has 202 valence electrons. The summed E-state index contributed by atoms with van der Waals surface area (Å²) in [6.45, 7) is 12.9. The van der Waals surface area contributed by atoms with Crippen molar-refractivity contribution < 1.29 is 14.6 Å². The Bertz CT molecular complexity index is 1050. The zero-order chi connectivity index (χ0) is 26.1. The van der Waals surface area contributed by atoms with E-state index >= 15 is 0 Å². The van der Waals surface area contributed by atoms with Crippen LogP contribution in [0.25, 0.3) is 5.57 Å². The Labute approximate surface area is 222 Å². The van der Waals surface area contributed by atoms with Crippen molar-refractivity contribution in [3.05, 3.63) is 71.6 Å². The number of hydrogen-bond acceptors (Lipinski definition) is 6. The SMILES string of the molecule is Cc1ccn(CCNCCCOC2(OCCCN3CC[C@@H](O)C3)C=CC=C(c3ccccc3C)C2C)n1. The molecule has 2 unspecified atom stereocenters. The van der Waals surface area contributed by atoms with Gasteiger partial charge >= 0.3 is 0 Å². The normalized spacial score (nSPS) is 24.1. The molecule has 2 heterocycles. The standard InChI is InChI=1S/C30H44N4O3/c1-24-9-4-5-10-28(24)29-11-6-14-30(26(29)3,37-22-8-17-33-18-13-27(35)23-33)36-21-7-15-31-16-20-34-19-12-25(2)32-34/h4-6,9-12,14,19,26-27,31,35H,7-8,13,15-18,20-23H2,1-3H3/t26?,27-,30?/m1/s1. The topological polar surface area (TPSA) is 71.8 Å². The highest BCUT2D eigenvalue weighted by Crippen LogP contribution is 2.40. The van der Waals surface area contributed by atoms with Crippen LogP contribution in [0.5, 0.6) is 0 Å². The lowest BCUT2D eigenvalue weighted by Crippen LogP contribution is -2.43. The Balaban J connectivity index is 1.31. The Kier molecular flexibility index (Phi) is 10.1. The van der Waals surface area contributed by atoms with Gasteiger partial charge in [-0.15, -0.1) is 0 Å². The predicted molar refractivity (Wildman–Crippen MR) is 148 cm³/mol. The van der Waals surface area contributed by atoms with Gasteiger partial charge in [0.25, 0.3) is 0 Å². The molecule has 0 spiro atoms. The van der Waals surface area contributed by atoms with Crippen molar-refractivity contribution in [3.8, 4) is 0 Å². The van der Waals surface area contributed by atoms with Gasteiger partial charge in [0.05, 0.1) is 31.6 Å². The summed E-state index contributed by atoms with van der Waals surface area (Å²) in [5.41, 5.74) is 4.80. The summed E-state index contributed by atoms with van der Waals surface area (Å²) in [7, 11) is 0. The monoisotopic (exact) mass is 508 g/mol. The van der Waals surface area contributed by atoms with Crippen molar-refractivity contribution in [1.29, 1.82) is 0 Å². The van der Waals surface area contributed by atoms with Gasteiger partial charge in [-0.3, -0.25) is 4.68 Å². The number of nitrogens with zero attached hydrogens (tertiary/aromatic N) is 3. The lowest BCUT2D eigenvalue weighted by Gasteiger charge is -2.40. The number of aliphatic hydroxyl groups excluding tert-OH is 1. The largest absolute Gasteiger partial charge is 0.392 e. The average Bonchev–Trinajstić information content (AvgIpc) is 3.50. The molecular weight excluding hydrogens is 464 g/mol. The minimum Gasteiger partial charge on any atom is -0.392 e. The van der Waals surface area contributed by atoms with Gasteiger partial charge in [-0.05, 0) is 68.5 Å². The van der Waals surface area contributed by atoms with Gasteiger partial charge in [0.2, 0.25) is 0 Å². The second-order valence-electron chi connectivity index (χ2n) is 10.4. The van der Waals surface area contributed by atoms with Gasteiger partial charge in [-0.1, -0.05) is 43.3 Å². The summed E-state index contributed by atoms with van der Waals surface area (Å²) in [6.07, 6.45) is 10.9. The van der Waals surface area contributed by atoms with Gasteiger partial charge in [-0.2, -0.15) is 5.10 Å². The number of allylic oxidation sites excluding steroid dienone is 2. The zero-order valence-corrected chi connectivity index (χ0v) is 22.7. The first-order valence-corrected chi connectivity index (χ1v) is 13.8. The Morgan fingerprint density at radius 1 is 1.08 bits per heavy atom. The smallest absolute Gasteiger partial charge is 0.194 e. The third-order valence-corrected chi connectivity index (χ3v) is 7.44. The number of hydrogen-bond donors (Lipinski definition) is 2. The summed E-state index contributed by atoms with van der Waals surface area (Å²) in [6, 6.07) is 10.5. The first kappa shape index (κ1) is 27.7. The van der Waals surface area contributed by atoms with Crippen LogP contribution in [0.3, 0.4) is 0 Å². The molecule has 0 bridgehead atoms. The molecule has 0 amide bonds. The van der Waals surface area contributed by atoms with E-state index in [0.29, 0.717) is 13.2 Å². The van der Waals surface area contributed by atoms with Gasteiger partial charge in [0, 0.05) is 38.3 Å². The molecule has 2 aliphatic rings. The van der Waals surface area contributed by atoms with Crippen LogP contribution in [0, 0.1) is 19.8 Å². The van der Waals surface area contributed by atoms with E-state index < -0.39 is 5.79 Å². The van der Waals surface area contributed by atoms with Crippen molar-refractivity contribution in [1.82, 2.24) is 20.0 Å². The van der Waals surface area contributed by atoms with E-state index in [-0.39, 0.29) is 12.0 Å². The molecule has 7 nitrogen and oxygen atoms in total. The molecule has 1 aromatic carbocycles. The molecule has 4 rings (SSSR count). The molecule has 1 aromatic heterocycles. The van der Waals surface area contributed by atoms with Crippen LogP contribution in [0.15, 0.2) is 54.8 Å². The molecule has 1 aliphatic carbocycles. The van der Waals surface area contributed by atoms with E-state index in [1.54, 1.807) is 0 Å². The maximum Gasteiger partial charge on any atom is 0.194 e. The minimum atomic E-state index is -0.788. The van der Waals surface area contributed by atoms with Crippen LogP contribution >= 0.6 is 0 Å². The second kappa shape index (κ2) is 13.5. The maximum absolute atomic E-state index is 9.81. The lowest BCUT2D eigenvalue weighted by molar-refractivity contribution is -0.223. The molecule has 37 heavy (non-hydrogen) atoms. The van der Waals surface area contributed by atoms with Gasteiger partial charge < -0.3 is 24.8 Å². The van der Waals surface area contributed by atoms with Crippen LogP contribution in [0.2, 0.25) is 0 Å². The fourth-order valence-corrected chi connectivity index (χ4v) is 5.27. The molecular formula is C30H44N4O3. The Morgan fingerprint density at radius 2 is 1.89 bits per heavy atom. The van der Waals surface area contributed by atoms with Crippen LogP contribution in [-0.4, -0.2) is 77.6 Å². The van der Waals surface area contributed by atoms with E-state index in [1.807, 2.05) is 23.9 Å². The average molecular weight is 509 g/mol. The van der Waals surface area contributed by atoms with Crippen molar-refractivity contribution in [3.63, 3.8) is 0 Å². The number of rotatable bonds is 14. The van der Waals surface area contributed by atoms with E-state index in [1.165, 1.54) is 16.7 Å². The first-order chi connectivity index (χ1) is 18.0. The summed E-state index contributed by atoms with van der Waals surface area (Å²) in [5, 5.41) is 17.7. The molecule has 2 N–H and O–H groups in total. The molecule has 0 saturated carbocycles. The minimum absolute atomic E-state index is 0.0585. The number of aliphatic hydroxyl groups is 1. The zero-order valence-electron chi connectivity index (χ0n) is 22.7. The van der Waals surface area contributed by atoms with E-state index in [0.717, 1.165) is 64.2 Å². The number of β-amino-alcohol motifs (C(OH)–C–C–N with tert-alkyl or cyclic N) is 1. The van der Waals surface area contributed by atoms with Crippen LogP contribution < -0.4 is 5.32 Å². The molecule has 2 aromatic rings. The fraction of sp³-hybridized carbons (Fsp3) is 0.567. The van der Waals surface area contributed by atoms with Gasteiger partial charge in [0.1, 0.15) is 0 Å². The number of aromatic nitrogens is 2. The van der Waals surface area contributed by atoms with Crippen LogP contribution in [-0.2, 0) is 16.0 Å². The highest BCUT2D eigenvalue weighted by molar-refractivity contribution is 5.73.